The van der Waals surface area contributed by atoms with Crippen molar-refractivity contribution in [1.82, 2.24) is 0 Å². The van der Waals surface area contributed by atoms with E-state index in [2.05, 4.69) is 19.6 Å². The molecule has 10 heteroatoms. The summed E-state index contributed by atoms with van der Waals surface area (Å²) in [5.41, 5.74) is -4.55. The lowest BCUT2D eigenvalue weighted by Gasteiger charge is -2.35. The molecule has 3 aliphatic rings. The lowest BCUT2D eigenvalue weighted by molar-refractivity contribution is -0.706. The molecular weight excluding hydrogens is 304 g/mol. The highest BCUT2D eigenvalue weighted by Gasteiger charge is 2.73. The van der Waals surface area contributed by atoms with Gasteiger partial charge in [-0.3, -0.25) is 4.79 Å². The zero-order valence-electron chi connectivity index (χ0n) is 10.4. The molecule has 1 saturated heterocycles. The summed E-state index contributed by atoms with van der Waals surface area (Å²) in [4.78, 5) is 31.0. The molecule has 21 heavy (non-hydrogen) atoms. The van der Waals surface area contributed by atoms with Gasteiger partial charge in [0.05, 0.1) is 0 Å². The SMILES string of the molecule is O=C1C2CCC(C2)C1OC(=O)C(F)(C1OOO1)C(F)(F)F. The van der Waals surface area contributed by atoms with Gasteiger partial charge >= 0.3 is 17.8 Å². The minimum absolute atomic E-state index is 0.327. The van der Waals surface area contributed by atoms with Crippen molar-refractivity contribution in [1.29, 1.82) is 0 Å². The van der Waals surface area contributed by atoms with E-state index in [9.17, 15) is 27.2 Å². The van der Waals surface area contributed by atoms with Crippen LogP contribution >= 0.6 is 0 Å². The van der Waals surface area contributed by atoms with Crippen LogP contribution < -0.4 is 0 Å². The average molecular weight is 314 g/mol. The van der Waals surface area contributed by atoms with Gasteiger partial charge in [0.15, 0.2) is 11.9 Å². The fourth-order valence-corrected chi connectivity index (χ4v) is 2.93. The van der Waals surface area contributed by atoms with E-state index < -0.39 is 36.0 Å². The molecular formula is C11H10F4O6. The maximum Gasteiger partial charge on any atom is 0.439 e. The molecule has 4 atom stereocenters. The third-order valence-electron chi connectivity index (χ3n) is 4.11. The molecule has 4 unspecified atom stereocenters. The van der Waals surface area contributed by atoms with Crippen LogP contribution in [-0.4, -0.2) is 36.0 Å². The number of esters is 1. The van der Waals surface area contributed by atoms with E-state index in [4.69, 9.17) is 0 Å². The van der Waals surface area contributed by atoms with Crippen LogP contribution in [0.3, 0.4) is 0 Å². The van der Waals surface area contributed by atoms with Gasteiger partial charge in [0, 0.05) is 11.8 Å². The Bertz CT molecular complexity index is 476. The van der Waals surface area contributed by atoms with Crippen molar-refractivity contribution in [2.24, 2.45) is 11.8 Å². The van der Waals surface area contributed by atoms with Crippen molar-refractivity contribution in [3.05, 3.63) is 0 Å². The number of carbonyl (C=O) groups excluding carboxylic acids is 2. The van der Waals surface area contributed by atoms with Crippen LogP contribution in [0.2, 0.25) is 0 Å². The summed E-state index contributed by atoms with van der Waals surface area (Å²) in [5.74, 6) is -3.40. The summed E-state index contributed by atoms with van der Waals surface area (Å²) in [5, 5.41) is 3.55. The van der Waals surface area contributed by atoms with Crippen LogP contribution in [0, 0.1) is 11.8 Å². The Balaban J connectivity index is 1.77. The van der Waals surface area contributed by atoms with Crippen molar-refractivity contribution in [2.45, 2.75) is 43.5 Å². The predicted octanol–water partition coefficient (Wildman–Crippen LogP) is 1.39. The van der Waals surface area contributed by atoms with E-state index in [1.54, 1.807) is 0 Å². The first-order chi connectivity index (χ1) is 9.75. The molecule has 2 bridgehead atoms. The van der Waals surface area contributed by atoms with E-state index in [0.717, 1.165) is 0 Å². The van der Waals surface area contributed by atoms with Crippen LogP contribution in [0.4, 0.5) is 17.6 Å². The number of Topliss-reactive ketones (excluding diaryl/α,β-unsaturated/α-hetero) is 1. The summed E-state index contributed by atoms with van der Waals surface area (Å²) in [6.45, 7) is 0. The average Bonchev–Trinajstić information content (AvgIpc) is 2.88. The van der Waals surface area contributed by atoms with Gasteiger partial charge in [-0.15, -0.1) is 0 Å². The minimum atomic E-state index is -5.64. The third-order valence-corrected chi connectivity index (χ3v) is 4.11. The Morgan fingerprint density at radius 3 is 2.29 bits per heavy atom. The molecule has 6 nitrogen and oxygen atoms in total. The molecule has 2 aliphatic carbocycles. The molecule has 2 saturated carbocycles. The van der Waals surface area contributed by atoms with Gasteiger partial charge in [-0.25, -0.2) is 9.18 Å². The van der Waals surface area contributed by atoms with Gasteiger partial charge < -0.3 is 4.74 Å². The summed E-state index contributed by atoms with van der Waals surface area (Å²) >= 11 is 0. The molecule has 1 heterocycles. The highest BCUT2D eigenvalue weighted by Crippen LogP contribution is 2.46. The topological polar surface area (TPSA) is 71.1 Å². The van der Waals surface area contributed by atoms with Crippen LogP contribution in [0.5, 0.6) is 0 Å². The molecule has 1 aliphatic heterocycles. The molecule has 0 aromatic carbocycles. The molecule has 3 rings (SSSR count). The number of carbonyl (C=O) groups is 2. The maximum absolute atomic E-state index is 14.1. The van der Waals surface area contributed by atoms with Crippen LogP contribution in [0.15, 0.2) is 0 Å². The zero-order valence-corrected chi connectivity index (χ0v) is 10.4. The first kappa shape index (κ1) is 14.7. The second-order valence-electron chi connectivity index (χ2n) is 5.30. The summed E-state index contributed by atoms with van der Waals surface area (Å²) in [6.07, 6.45) is -7.98. The normalized spacial score (nSPS) is 35.4. The molecule has 0 N–H and O–H groups in total. The van der Waals surface area contributed by atoms with Gasteiger partial charge in [-0.05, 0) is 19.3 Å². The number of alkyl halides is 4. The number of hydrogen-bond acceptors (Lipinski definition) is 6. The fraction of sp³-hybridized carbons (Fsp3) is 0.818. The molecule has 118 valence electrons. The number of rotatable bonds is 3. The van der Waals surface area contributed by atoms with Crippen molar-refractivity contribution in [3.63, 3.8) is 0 Å². The predicted molar refractivity (Wildman–Crippen MR) is 52.7 cm³/mol. The quantitative estimate of drug-likeness (QED) is 0.445. The number of ether oxygens (including phenoxy) is 1. The number of ketones is 1. The van der Waals surface area contributed by atoms with Crippen molar-refractivity contribution in [2.75, 3.05) is 0 Å². The van der Waals surface area contributed by atoms with Gasteiger partial charge in [0.1, 0.15) is 0 Å². The summed E-state index contributed by atoms with van der Waals surface area (Å²) < 4.78 is 57.1. The molecule has 0 aromatic heterocycles. The van der Waals surface area contributed by atoms with Crippen LogP contribution in [0.1, 0.15) is 19.3 Å². The van der Waals surface area contributed by atoms with Gasteiger partial charge in [0.2, 0.25) is 0 Å². The first-order valence-corrected chi connectivity index (χ1v) is 6.24. The van der Waals surface area contributed by atoms with Gasteiger partial charge in [0.25, 0.3) is 6.29 Å². The lowest BCUT2D eigenvalue weighted by Crippen LogP contribution is -2.63. The standard InChI is InChI=1S/C11H10F4O6/c12-10(11(13,14)15,9-19-21-20-9)8(17)18-7-5-2-1-4(3-5)6(7)16/h4-5,7,9H,1-3H2. The van der Waals surface area contributed by atoms with E-state index in [1.807, 2.05) is 0 Å². The monoisotopic (exact) mass is 314 g/mol. The van der Waals surface area contributed by atoms with Gasteiger partial charge in [-0.2, -0.15) is 22.9 Å². The Morgan fingerprint density at radius 2 is 1.86 bits per heavy atom. The Labute approximate surface area is 115 Å². The van der Waals surface area contributed by atoms with Crippen molar-refractivity contribution < 1.29 is 46.7 Å². The smallest absolute Gasteiger partial charge is 0.439 e. The Hall–Kier alpha value is -1.26. The van der Waals surface area contributed by atoms with E-state index in [0.29, 0.717) is 19.3 Å². The third kappa shape index (κ3) is 2.04. The molecule has 0 aromatic rings. The Morgan fingerprint density at radius 1 is 1.19 bits per heavy atom. The van der Waals surface area contributed by atoms with Crippen LogP contribution in [-0.2, 0) is 29.1 Å². The zero-order chi connectivity index (χ0) is 15.4. The summed E-state index contributed by atoms with van der Waals surface area (Å²) in [7, 11) is 0. The van der Waals surface area contributed by atoms with Crippen molar-refractivity contribution in [3.8, 4) is 0 Å². The molecule has 3 fully saturated rings. The first-order valence-electron chi connectivity index (χ1n) is 6.24. The molecule has 0 amide bonds. The Kier molecular flexibility index (Phi) is 3.22. The second-order valence-corrected chi connectivity index (χ2v) is 5.30. The van der Waals surface area contributed by atoms with Crippen LogP contribution in [0.25, 0.3) is 0 Å². The van der Waals surface area contributed by atoms with E-state index in [-0.39, 0.29) is 11.8 Å². The largest absolute Gasteiger partial charge is 0.451 e. The number of fused-ring (bicyclic) bond motifs is 2. The van der Waals surface area contributed by atoms with Crippen molar-refractivity contribution >= 4 is 11.8 Å². The highest BCUT2D eigenvalue weighted by molar-refractivity contribution is 5.92. The molecule has 0 radical (unpaired) electrons. The lowest BCUT2D eigenvalue weighted by atomic mass is 9.96. The number of halogens is 4. The van der Waals surface area contributed by atoms with Gasteiger partial charge in [-0.1, -0.05) is 5.04 Å². The fourth-order valence-electron chi connectivity index (χ4n) is 2.93. The molecule has 0 spiro atoms. The minimum Gasteiger partial charge on any atom is -0.451 e. The highest BCUT2D eigenvalue weighted by atomic mass is 19.4. The number of hydrogen-bond donors (Lipinski definition) is 0. The maximum atomic E-state index is 14.1. The van der Waals surface area contributed by atoms with E-state index in [1.165, 1.54) is 0 Å². The second kappa shape index (κ2) is 4.62. The summed E-state index contributed by atoms with van der Waals surface area (Å²) in [6, 6.07) is 0. The van der Waals surface area contributed by atoms with E-state index >= 15 is 0 Å².